The van der Waals surface area contributed by atoms with E-state index >= 15 is 0 Å². The van der Waals surface area contributed by atoms with Crippen molar-refractivity contribution in [2.24, 2.45) is 0 Å². The molecular weight excluding hydrogens is 383 g/mol. The molecule has 1 aliphatic heterocycles. The summed E-state index contributed by atoms with van der Waals surface area (Å²) in [6, 6.07) is 4.79. The summed E-state index contributed by atoms with van der Waals surface area (Å²) in [5.74, 6) is -0.159. The van der Waals surface area contributed by atoms with Gasteiger partial charge in [0.1, 0.15) is 11.5 Å². The van der Waals surface area contributed by atoms with Crippen LogP contribution in [0.1, 0.15) is 40.3 Å². The molecule has 0 saturated heterocycles. The maximum Gasteiger partial charge on any atom is 0.418 e. The number of rotatable bonds is 2. The van der Waals surface area contributed by atoms with E-state index in [4.69, 9.17) is 0 Å². The molecule has 4 rings (SSSR count). The first-order chi connectivity index (χ1) is 13.7. The van der Waals surface area contributed by atoms with E-state index in [2.05, 4.69) is 15.1 Å². The second-order valence-electron chi connectivity index (χ2n) is 7.16. The zero-order valence-electron chi connectivity index (χ0n) is 16.0. The number of hydrogen-bond donors (Lipinski definition) is 0. The Hall–Kier alpha value is -3.23. The molecule has 9 heteroatoms. The summed E-state index contributed by atoms with van der Waals surface area (Å²) in [4.78, 5) is 22.8. The number of alkyl halides is 3. The molecule has 0 aliphatic carbocycles. The number of amides is 1. The van der Waals surface area contributed by atoms with E-state index < -0.39 is 11.7 Å². The van der Waals surface area contributed by atoms with Gasteiger partial charge in [0, 0.05) is 30.2 Å². The third kappa shape index (κ3) is 3.26. The van der Waals surface area contributed by atoms with Crippen LogP contribution in [0.5, 0.6) is 0 Å². The Morgan fingerprint density at radius 3 is 2.55 bits per heavy atom. The lowest BCUT2D eigenvalue weighted by Gasteiger charge is -2.32. The van der Waals surface area contributed by atoms with Crippen LogP contribution in [0.15, 0.2) is 36.8 Å². The fourth-order valence-electron chi connectivity index (χ4n) is 3.57. The van der Waals surface area contributed by atoms with Gasteiger partial charge in [0.05, 0.1) is 17.8 Å². The van der Waals surface area contributed by atoms with Crippen LogP contribution in [0, 0.1) is 13.8 Å². The first-order valence-electron chi connectivity index (χ1n) is 9.03. The summed E-state index contributed by atoms with van der Waals surface area (Å²) < 4.78 is 40.8. The molecule has 0 spiro atoms. The smallest absolute Gasteiger partial charge is 0.289 e. The van der Waals surface area contributed by atoms with Gasteiger partial charge in [0.15, 0.2) is 0 Å². The van der Waals surface area contributed by atoms with Gasteiger partial charge in [0.2, 0.25) is 0 Å². The molecule has 1 unspecified atom stereocenters. The molecule has 0 bridgehead atoms. The molecule has 150 valence electrons. The highest BCUT2D eigenvalue weighted by atomic mass is 19.4. The van der Waals surface area contributed by atoms with Crippen LogP contribution in [0.3, 0.4) is 0 Å². The molecule has 4 heterocycles. The first-order valence-corrected chi connectivity index (χ1v) is 9.03. The molecule has 0 N–H and O–H groups in total. The lowest BCUT2D eigenvalue weighted by Crippen LogP contribution is -2.43. The van der Waals surface area contributed by atoms with Crippen molar-refractivity contribution in [1.82, 2.24) is 19.7 Å². The van der Waals surface area contributed by atoms with Gasteiger partial charge in [-0.15, -0.1) is 0 Å². The Balaban J connectivity index is 1.77. The molecule has 3 aromatic heterocycles. The Kier molecular flexibility index (Phi) is 4.40. The zero-order valence-corrected chi connectivity index (χ0v) is 16.0. The van der Waals surface area contributed by atoms with Crippen LogP contribution in [-0.4, -0.2) is 32.2 Å². The van der Waals surface area contributed by atoms with Crippen molar-refractivity contribution in [1.29, 1.82) is 0 Å². The normalized spacial score (nSPS) is 16.8. The molecule has 0 fully saturated rings. The van der Waals surface area contributed by atoms with Crippen molar-refractivity contribution in [3.05, 3.63) is 59.3 Å². The van der Waals surface area contributed by atoms with E-state index in [0.717, 1.165) is 17.5 Å². The maximum absolute atomic E-state index is 13.3. The molecule has 0 aromatic carbocycles. The van der Waals surface area contributed by atoms with E-state index in [9.17, 15) is 18.0 Å². The molecule has 3 aromatic rings. The Morgan fingerprint density at radius 2 is 1.90 bits per heavy atom. The fraction of sp³-hybridized carbons (Fsp3) is 0.300. The Labute approximate surface area is 165 Å². The van der Waals surface area contributed by atoms with Crippen LogP contribution < -0.4 is 4.90 Å². The van der Waals surface area contributed by atoms with Crippen LogP contribution in [0.4, 0.5) is 19.0 Å². The van der Waals surface area contributed by atoms with Crippen LogP contribution >= 0.6 is 0 Å². The number of nitrogens with zero attached hydrogens (tertiary/aromatic N) is 5. The second-order valence-corrected chi connectivity index (χ2v) is 7.16. The Bertz CT molecular complexity index is 1110. The van der Waals surface area contributed by atoms with Crippen LogP contribution in [0.25, 0.3) is 11.1 Å². The number of pyridine rings is 2. The number of halogens is 3. The van der Waals surface area contributed by atoms with Gasteiger partial charge in [-0.25, -0.2) is 4.98 Å². The van der Waals surface area contributed by atoms with E-state index in [1.54, 1.807) is 23.1 Å². The van der Waals surface area contributed by atoms with Gasteiger partial charge in [-0.1, -0.05) is 0 Å². The second kappa shape index (κ2) is 6.68. The van der Waals surface area contributed by atoms with Crippen LogP contribution in [-0.2, 0) is 6.18 Å². The van der Waals surface area contributed by atoms with Crippen LogP contribution in [0.2, 0.25) is 0 Å². The maximum atomic E-state index is 13.3. The molecule has 0 radical (unpaired) electrons. The predicted molar refractivity (Wildman–Crippen MR) is 101 cm³/mol. The minimum atomic E-state index is -4.49. The average Bonchev–Trinajstić information content (AvgIpc) is 3.09. The van der Waals surface area contributed by atoms with E-state index in [0.29, 0.717) is 11.3 Å². The monoisotopic (exact) mass is 401 g/mol. The summed E-state index contributed by atoms with van der Waals surface area (Å²) in [6.07, 6.45) is -0.418. The van der Waals surface area contributed by atoms with Gasteiger partial charge in [-0.05, 0) is 50.1 Å². The molecule has 0 saturated carbocycles. The fourth-order valence-corrected chi connectivity index (χ4v) is 3.57. The molecule has 1 aliphatic rings. The van der Waals surface area contributed by atoms with Gasteiger partial charge in [-0.2, -0.15) is 18.3 Å². The average molecular weight is 401 g/mol. The number of fused-ring (bicyclic) bond motifs is 1. The van der Waals surface area contributed by atoms with Gasteiger partial charge < -0.3 is 0 Å². The van der Waals surface area contributed by atoms with E-state index in [1.807, 2.05) is 19.9 Å². The summed E-state index contributed by atoms with van der Waals surface area (Å²) >= 11 is 0. The molecule has 1 amide bonds. The van der Waals surface area contributed by atoms with Gasteiger partial charge >= 0.3 is 6.18 Å². The minimum absolute atomic E-state index is 0.0204. The van der Waals surface area contributed by atoms with Gasteiger partial charge in [-0.3, -0.25) is 19.4 Å². The first kappa shape index (κ1) is 19.1. The predicted octanol–water partition coefficient (Wildman–Crippen LogP) is 4.20. The summed E-state index contributed by atoms with van der Waals surface area (Å²) in [5.41, 5.74) is 1.85. The lowest BCUT2D eigenvalue weighted by molar-refractivity contribution is -0.138. The lowest BCUT2D eigenvalue weighted by atomic mass is 10.0. The number of anilines is 1. The summed E-state index contributed by atoms with van der Waals surface area (Å²) in [7, 11) is 0. The van der Waals surface area contributed by atoms with Crippen molar-refractivity contribution in [2.75, 3.05) is 11.4 Å². The highest BCUT2D eigenvalue weighted by molar-refractivity contribution is 6.09. The highest BCUT2D eigenvalue weighted by Crippen LogP contribution is 2.35. The number of carbonyl (C=O) groups excluding carboxylic acids is 1. The van der Waals surface area contributed by atoms with Gasteiger partial charge in [0.25, 0.3) is 5.91 Å². The third-order valence-corrected chi connectivity index (χ3v) is 4.99. The standard InChI is InChI=1S/C20H18F3N5O/c1-11-6-17(25-9-16(11)20(21,22)23)27-10-13(3)28-18(19(27)29)15(8-26-28)14-4-5-24-12(2)7-14/h4-9,13H,10H2,1-3H3. The largest absolute Gasteiger partial charge is 0.418 e. The summed E-state index contributed by atoms with van der Waals surface area (Å²) in [6.45, 7) is 5.38. The minimum Gasteiger partial charge on any atom is -0.289 e. The van der Waals surface area contributed by atoms with E-state index in [-0.39, 0.29) is 29.9 Å². The SMILES string of the molecule is Cc1cc(-c2cnn3c2C(=O)N(c2cc(C)c(C(F)(F)F)cn2)CC3C)ccn1. The number of aryl methyl sites for hydroxylation is 2. The summed E-state index contributed by atoms with van der Waals surface area (Å²) in [5, 5.41) is 4.37. The highest BCUT2D eigenvalue weighted by Gasteiger charge is 2.36. The number of hydrogen-bond acceptors (Lipinski definition) is 4. The molecule has 1 atom stereocenters. The molecular formula is C20H18F3N5O. The topological polar surface area (TPSA) is 63.9 Å². The van der Waals surface area contributed by atoms with E-state index in [1.165, 1.54) is 17.9 Å². The van der Waals surface area contributed by atoms with Crippen molar-refractivity contribution in [2.45, 2.75) is 33.0 Å². The van der Waals surface area contributed by atoms with Crippen molar-refractivity contribution >= 4 is 11.7 Å². The zero-order chi connectivity index (χ0) is 20.9. The van der Waals surface area contributed by atoms with Crippen molar-refractivity contribution < 1.29 is 18.0 Å². The molecule has 29 heavy (non-hydrogen) atoms. The van der Waals surface area contributed by atoms with Crippen molar-refractivity contribution in [3.63, 3.8) is 0 Å². The van der Waals surface area contributed by atoms with Crippen molar-refractivity contribution in [3.8, 4) is 11.1 Å². The molecule has 6 nitrogen and oxygen atoms in total. The quantitative estimate of drug-likeness (QED) is 0.646. The Morgan fingerprint density at radius 1 is 1.14 bits per heavy atom. The third-order valence-electron chi connectivity index (χ3n) is 4.99. The number of carbonyl (C=O) groups is 1. The number of aromatic nitrogens is 4.